The molecule has 3 heterocycles. The number of anilines is 1. The summed E-state index contributed by atoms with van der Waals surface area (Å²) in [5.74, 6) is 0. The van der Waals surface area contributed by atoms with E-state index in [0.717, 1.165) is 37.3 Å². The van der Waals surface area contributed by atoms with Crippen molar-refractivity contribution in [1.29, 1.82) is 0 Å². The third kappa shape index (κ3) is 2.03. The SMILES string of the molecule is CN1CCC2(CC1)CN(S(C)(=O)=O)c1cccnc12. The summed E-state index contributed by atoms with van der Waals surface area (Å²) < 4.78 is 25.5. The summed E-state index contributed by atoms with van der Waals surface area (Å²) in [6, 6.07) is 3.68. The molecule has 1 saturated heterocycles. The minimum absolute atomic E-state index is 0.0911. The van der Waals surface area contributed by atoms with Gasteiger partial charge in [-0.2, -0.15) is 0 Å². The number of pyridine rings is 1. The first-order chi connectivity index (χ1) is 8.92. The van der Waals surface area contributed by atoms with Gasteiger partial charge in [0.15, 0.2) is 0 Å². The summed E-state index contributed by atoms with van der Waals surface area (Å²) in [4.78, 5) is 6.79. The van der Waals surface area contributed by atoms with E-state index in [1.165, 1.54) is 10.6 Å². The van der Waals surface area contributed by atoms with Gasteiger partial charge in [0, 0.05) is 18.2 Å². The molecule has 2 aliphatic heterocycles. The lowest BCUT2D eigenvalue weighted by Crippen LogP contribution is -2.44. The van der Waals surface area contributed by atoms with Crippen molar-refractivity contribution in [3.8, 4) is 0 Å². The van der Waals surface area contributed by atoms with Crippen molar-refractivity contribution in [3.63, 3.8) is 0 Å². The smallest absolute Gasteiger partial charge is 0.232 e. The third-order valence-corrected chi connectivity index (χ3v) is 5.47. The van der Waals surface area contributed by atoms with Crippen LogP contribution in [0.3, 0.4) is 0 Å². The monoisotopic (exact) mass is 281 g/mol. The molecule has 19 heavy (non-hydrogen) atoms. The summed E-state index contributed by atoms with van der Waals surface area (Å²) in [7, 11) is -1.12. The molecule has 0 amide bonds. The predicted octanol–water partition coefficient (Wildman–Crippen LogP) is 0.825. The quantitative estimate of drug-likeness (QED) is 0.765. The van der Waals surface area contributed by atoms with Gasteiger partial charge in [-0.25, -0.2) is 8.42 Å². The molecular weight excluding hydrogens is 262 g/mol. The lowest BCUT2D eigenvalue weighted by atomic mass is 9.77. The zero-order chi connectivity index (χ0) is 13.7. The van der Waals surface area contributed by atoms with Gasteiger partial charge in [-0.1, -0.05) is 0 Å². The van der Waals surface area contributed by atoms with Crippen LogP contribution >= 0.6 is 0 Å². The number of fused-ring (bicyclic) bond motifs is 2. The molecular formula is C13H19N3O2S. The van der Waals surface area contributed by atoms with E-state index in [1.54, 1.807) is 6.20 Å². The Morgan fingerprint density at radius 3 is 2.63 bits per heavy atom. The zero-order valence-electron chi connectivity index (χ0n) is 11.3. The van der Waals surface area contributed by atoms with Crippen molar-refractivity contribution in [2.24, 2.45) is 0 Å². The van der Waals surface area contributed by atoms with Crippen LogP contribution in [-0.4, -0.2) is 51.2 Å². The Morgan fingerprint density at radius 2 is 2.00 bits per heavy atom. The number of nitrogens with zero attached hydrogens (tertiary/aromatic N) is 3. The van der Waals surface area contributed by atoms with Crippen LogP contribution in [0.2, 0.25) is 0 Å². The molecule has 3 rings (SSSR count). The van der Waals surface area contributed by atoms with Crippen LogP contribution in [0.25, 0.3) is 0 Å². The maximum Gasteiger partial charge on any atom is 0.232 e. The Kier molecular flexibility index (Phi) is 2.83. The average Bonchev–Trinajstić information content (AvgIpc) is 2.69. The van der Waals surface area contributed by atoms with Gasteiger partial charge < -0.3 is 4.90 Å². The summed E-state index contributed by atoms with van der Waals surface area (Å²) in [5, 5.41) is 0. The molecule has 2 aliphatic rings. The number of hydrogen-bond donors (Lipinski definition) is 0. The van der Waals surface area contributed by atoms with Gasteiger partial charge in [0.05, 0.1) is 17.6 Å². The minimum atomic E-state index is -3.23. The van der Waals surface area contributed by atoms with E-state index in [4.69, 9.17) is 0 Å². The second kappa shape index (κ2) is 4.18. The van der Waals surface area contributed by atoms with E-state index in [2.05, 4.69) is 16.9 Å². The van der Waals surface area contributed by atoms with E-state index in [0.29, 0.717) is 6.54 Å². The molecule has 0 N–H and O–H groups in total. The lowest BCUT2D eigenvalue weighted by molar-refractivity contribution is 0.195. The van der Waals surface area contributed by atoms with E-state index >= 15 is 0 Å². The first-order valence-corrected chi connectivity index (χ1v) is 8.39. The molecule has 0 saturated carbocycles. The van der Waals surface area contributed by atoms with Crippen LogP contribution < -0.4 is 4.31 Å². The van der Waals surface area contributed by atoms with Gasteiger partial charge in [0.1, 0.15) is 0 Å². The highest BCUT2D eigenvalue weighted by Gasteiger charge is 2.47. The van der Waals surface area contributed by atoms with Crippen molar-refractivity contribution in [2.75, 3.05) is 37.2 Å². The molecule has 0 atom stereocenters. The highest BCUT2D eigenvalue weighted by molar-refractivity contribution is 7.92. The summed E-state index contributed by atoms with van der Waals surface area (Å²) in [5.41, 5.74) is 1.65. The number of piperidine rings is 1. The van der Waals surface area contributed by atoms with E-state index in [-0.39, 0.29) is 5.41 Å². The maximum atomic E-state index is 12.0. The topological polar surface area (TPSA) is 53.5 Å². The number of aromatic nitrogens is 1. The predicted molar refractivity (Wildman–Crippen MR) is 74.8 cm³/mol. The Labute approximate surface area is 114 Å². The van der Waals surface area contributed by atoms with Gasteiger partial charge >= 0.3 is 0 Å². The standard InChI is InChI=1S/C13H19N3O2S/c1-15-8-5-13(6-9-15)10-16(19(2,17)18)11-4-3-7-14-12(11)13/h3-4,7H,5-6,8-10H2,1-2H3. The van der Waals surface area contributed by atoms with Crippen molar-refractivity contribution < 1.29 is 8.42 Å². The number of sulfonamides is 1. The van der Waals surface area contributed by atoms with Crippen LogP contribution in [0.15, 0.2) is 18.3 Å². The molecule has 0 unspecified atom stereocenters. The number of rotatable bonds is 1. The number of hydrogen-bond acceptors (Lipinski definition) is 4. The van der Waals surface area contributed by atoms with E-state index in [1.807, 2.05) is 12.1 Å². The van der Waals surface area contributed by atoms with Crippen LogP contribution in [-0.2, 0) is 15.4 Å². The Morgan fingerprint density at radius 1 is 1.32 bits per heavy atom. The van der Waals surface area contributed by atoms with E-state index < -0.39 is 10.0 Å². The molecule has 5 nitrogen and oxygen atoms in total. The number of likely N-dealkylation sites (tertiary alicyclic amines) is 1. The van der Waals surface area contributed by atoms with Gasteiger partial charge in [-0.15, -0.1) is 0 Å². The van der Waals surface area contributed by atoms with Gasteiger partial charge in [0.2, 0.25) is 10.0 Å². The average molecular weight is 281 g/mol. The largest absolute Gasteiger partial charge is 0.306 e. The maximum absolute atomic E-state index is 12.0. The molecule has 1 fully saturated rings. The second-order valence-electron chi connectivity index (χ2n) is 5.72. The van der Waals surface area contributed by atoms with Crippen molar-refractivity contribution >= 4 is 15.7 Å². The normalized spacial score (nSPS) is 22.7. The summed E-state index contributed by atoms with van der Waals surface area (Å²) in [6.07, 6.45) is 4.99. The Hall–Kier alpha value is -1.14. The fourth-order valence-corrected chi connectivity index (χ4v) is 4.17. The van der Waals surface area contributed by atoms with Gasteiger partial charge in [-0.3, -0.25) is 9.29 Å². The fraction of sp³-hybridized carbons (Fsp3) is 0.615. The Bertz CT molecular complexity index is 592. The zero-order valence-corrected chi connectivity index (χ0v) is 12.2. The highest BCUT2D eigenvalue weighted by Crippen LogP contribution is 2.46. The van der Waals surface area contributed by atoms with Crippen molar-refractivity contribution in [3.05, 3.63) is 24.0 Å². The first-order valence-electron chi connectivity index (χ1n) is 6.54. The third-order valence-electron chi connectivity index (χ3n) is 4.35. The molecule has 1 spiro atoms. The molecule has 104 valence electrons. The van der Waals surface area contributed by atoms with Gasteiger partial charge in [0.25, 0.3) is 0 Å². The lowest BCUT2D eigenvalue weighted by Gasteiger charge is -2.37. The molecule has 0 aromatic carbocycles. The minimum Gasteiger partial charge on any atom is -0.306 e. The molecule has 0 bridgehead atoms. The highest BCUT2D eigenvalue weighted by atomic mass is 32.2. The van der Waals surface area contributed by atoms with Crippen LogP contribution in [0.4, 0.5) is 5.69 Å². The van der Waals surface area contributed by atoms with Crippen molar-refractivity contribution in [1.82, 2.24) is 9.88 Å². The van der Waals surface area contributed by atoms with Crippen LogP contribution in [0, 0.1) is 0 Å². The van der Waals surface area contributed by atoms with Gasteiger partial charge in [-0.05, 0) is 45.1 Å². The van der Waals surface area contributed by atoms with E-state index in [9.17, 15) is 8.42 Å². The molecule has 0 aliphatic carbocycles. The Balaban J connectivity index is 2.07. The van der Waals surface area contributed by atoms with Crippen LogP contribution in [0.5, 0.6) is 0 Å². The molecule has 0 radical (unpaired) electrons. The summed E-state index contributed by atoms with van der Waals surface area (Å²) in [6.45, 7) is 2.53. The first kappa shape index (κ1) is 12.9. The molecule has 1 aromatic rings. The summed E-state index contributed by atoms with van der Waals surface area (Å²) >= 11 is 0. The van der Waals surface area contributed by atoms with Crippen molar-refractivity contribution in [2.45, 2.75) is 18.3 Å². The van der Waals surface area contributed by atoms with Crippen LogP contribution in [0.1, 0.15) is 18.5 Å². The fourth-order valence-electron chi connectivity index (χ4n) is 3.18. The second-order valence-corrected chi connectivity index (χ2v) is 7.63. The molecule has 6 heteroatoms. The molecule has 1 aromatic heterocycles.